The molecule has 1 aliphatic heterocycles. The van der Waals surface area contributed by atoms with E-state index >= 15 is 0 Å². The van der Waals surface area contributed by atoms with E-state index < -0.39 is 0 Å². The van der Waals surface area contributed by atoms with Crippen LogP contribution in [0.3, 0.4) is 0 Å². The van der Waals surface area contributed by atoms with Crippen molar-refractivity contribution in [1.29, 1.82) is 0 Å². The fraction of sp³-hybridized carbons (Fsp3) is 0.625. The fourth-order valence-corrected chi connectivity index (χ4v) is 9.66. The lowest BCUT2D eigenvalue weighted by Crippen LogP contribution is -2.43. The number of hydrogen-bond donors (Lipinski definition) is 1. The van der Waals surface area contributed by atoms with E-state index in [1.807, 2.05) is 20.8 Å². The van der Waals surface area contributed by atoms with Crippen molar-refractivity contribution in [1.82, 2.24) is 0 Å². The first kappa shape index (κ1) is 26.8. The first-order valence-corrected chi connectivity index (χ1v) is 15.4. The minimum absolute atomic E-state index is 0.0124. The Morgan fingerprint density at radius 2 is 2.00 bits per heavy atom. The Bertz CT molecular complexity index is 1300. The zero-order chi connectivity index (χ0) is 27.5. The molecule has 2 aromatic rings. The van der Waals surface area contributed by atoms with Crippen molar-refractivity contribution in [3.05, 3.63) is 45.3 Å². The summed E-state index contributed by atoms with van der Waals surface area (Å²) in [7, 11) is 1.73. The van der Waals surface area contributed by atoms with Crippen LogP contribution in [-0.4, -0.2) is 37.8 Å². The Hall–Kier alpha value is -2.38. The average molecular weight is 552 g/mol. The molecule has 1 aromatic heterocycles. The van der Waals surface area contributed by atoms with Crippen molar-refractivity contribution in [3.8, 4) is 5.75 Å². The van der Waals surface area contributed by atoms with Crippen LogP contribution >= 0.6 is 11.3 Å². The van der Waals surface area contributed by atoms with Crippen LogP contribution in [-0.2, 0) is 32.5 Å². The summed E-state index contributed by atoms with van der Waals surface area (Å²) < 4.78 is 16.9. The van der Waals surface area contributed by atoms with Crippen LogP contribution in [0.2, 0.25) is 0 Å². The summed E-state index contributed by atoms with van der Waals surface area (Å²) in [5.41, 5.74) is 4.27. The maximum atomic E-state index is 13.5. The van der Waals surface area contributed by atoms with Gasteiger partial charge < -0.3 is 19.5 Å². The van der Waals surface area contributed by atoms with Gasteiger partial charge >= 0.3 is 5.97 Å². The number of anilines is 1. The minimum Gasteiger partial charge on any atom is -0.497 e. The number of rotatable bonds is 5. The molecule has 0 spiro atoms. The molecule has 1 saturated carbocycles. The van der Waals surface area contributed by atoms with Crippen molar-refractivity contribution >= 4 is 28.2 Å². The van der Waals surface area contributed by atoms with Crippen LogP contribution in [0.4, 0.5) is 5.00 Å². The third-order valence-corrected chi connectivity index (χ3v) is 11.2. The van der Waals surface area contributed by atoms with E-state index in [9.17, 15) is 9.59 Å². The number of thiophene rings is 1. The van der Waals surface area contributed by atoms with Crippen LogP contribution in [0.15, 0.2) is 18.2 Å². The van der Waals surface area contributed by atoms with Gasteiger partial charge in [-0.2, -0.15) is 0 Å². The molecule has 1 aromatic carbocycles. The molecule has 210 valence electrons. The van der Waals surface area contributed by atoms with Crippen LogP contribution in [0.25, 0.3) is 0 Å². The molecule has 1 amide bonds. The van der Waals surface area contributed by atoms with E-state index in [0.29, 0.717) is 54.4 Å². The number of fused-ring (bicyclic) bond motifs is 7. The molecular formula is C32H41NO5S. The van der Waals surface area contributed by atoms with Gasteiger partial charge in [-0.3, -0.25) is 4.79 Å². The normalized spacial score (nSPS) is 30.4. The Labute approximate surface area is 235 Å². The number of hydrogen-bond acceptors (Lipinski definition) is 6. The van der Waals surface area contributed by atoms with Gasteiger partial charge in [0, 0.05) is 17.4 Å². The largest absolute Gasteiger partial charge is 0.497 e. The molecule has 7 heteroatoms. The van der Waals surface area contributed by atoms with Gasteiger partial charge in [0.05, 0.1) is 24.9 Å². The summed E-state index contributed by atoms with van der Waals surface area (Å²) in [6, 6.07) is 6.61. The molecule has 6 rings (SSSR count). The summed E-state index contributed by atoms with van der Waals surface area (Å²) in [6.07, 6.45) is 6.71. The second-order valence-electron chi connectivity index (χ2n) is 12.8. The van der Waals surface area contributed by atoms with E-state index in [-0.39, 0.29) is 28.8 Å². The second kappa shape index (κ2) is 9.91. The molecule has 4 aliphatic rings. The quantitative estimate of drug-likeness (QED) is 0.422. The van der Waals surface area contributed by atoms with Crippen LogP contribution < -0.4 is 10.1 Å². The molecule has 3 aliphatic carbocycles. The third kappa shape index (κ3) is 4.50. The van der Waals surface area contributed by atoms with E-state index in [4.69, 9.17) is 14.2 Å². The molecule has 2 heterocycles. The molecule has 39 heavy (non-hydrogen) atoms. The molecule has 0 unspecified atom stereocenters. The SMILES string of the molecule is CCOC(=O)c1c(NC(=O)[C@@H]2CCOC(C)(C)C2)sc2c1[C@]1(C)CC[C@@H]3c4ccc(OC)cc4CC[C@@H]3[C@H]1C2. The lowest BCUT2D eigenvalue weighted by molar-refractivity contribution is -0.130. The molecule has 0 radical (unpaired) electrons. The zero-order valence-electron chi connectivity index (χ0n) is 23.9. The number of aryl methyl sites for hydroxylation is 1. The van der Waals surface area contributed by atoms with Crippen molar-refractivity contribution in [2.24, 2.45) is 17.8 Å². The predicted molar refractivity (Wildman–Crippen MR) is 153 cm³/mol. The second-order valence-corrected chi connectivity index (χ2v) is 13.9. The molecular weight excluding hydrogens is 510 g/mol. The highest BCUT2D eigenvalue weighted by molar-refractivity contribution is 7.17. The van der Waals surface area contributed by atoms with Gasteiger partial charge in [-0.1, -0.05) is 13.0 Å². The molecule has 1 saturated heterocycles. The highest BCUT2D eigenvalue weighted by Gasteiger charge is 2.55. The third-order valence-electron chi connectivity index (χ3n) is 10.1. The molecule has 5 atom stereocenters. The summed E-state index contributed by atoms with van der Waals surface area (Å²) in [5, 5.41) is 3.87. The Kier molecular flexibility index (Phi) is 6.82. The Morgan fingerprint density at radius 3 is 2.74 bits per heavy atom. The average Bonchev–Trinajstić information content (AvgIpc) is 3.41. The maximum absolute atomic E-state index is 13.5. The number of carbonyl (C=O) groups is 2. The topological polar surface area (TPSA) is 73.9 Å². The first-order chi connectivity index (χ1) is 18.6. The van der Waals surface area contributed by atoms with Gasteiger partial charge in [-0.05, 0) is 118 Å². The molecule has 0 bridgehead atoms. The van der Waals surface area contributed by atoms with Crippen molar-refractivity contribution in [2.45, 2.75) is 89.6 Å². The van der Waals surface area contributed by atoms with E-state index in [1.54, 1.807) is 18.4 Å². The number of ether oxygens (including phenoxy) is 3. The maximum Gasteiger partial charge on any atom is 0.341 e. The first-order valence-electron chi connectivity index (χ1n) is 14.6. The van der Waals surface area contributed by atoms with E-state index in [0.717, 1.165) is 43.4 Å². The van der Waals surface area contributed by atoms with E-state index in [2.05, 4.69) is 30.4 Å². The molecule has 6 nitrogen and oxygen atoms in total. The van der Waals surface area contributed by atoms with Crippen LogP contribution in [0.1, 0.15) is 97.6 Å². The van der Waals surface area contributed by atoms with Gasteiger partial charge in [0.1, 0.15) is 10.8 Å². The number of benzene rings is 1. The van der Waals surface area contributed by atoms with Crippen LogP contribution in [0, 0.1) is 17.8 Å². The standard InChI is InChI=1S/C32H41NO5S/c1-6-37-30(35)26-27-25(39-29(26)33-28(34)19-12-14-38-31(2,3)17-19)16-24-23-9-7-18-15-20(36-5)8-10-21(18)22(23)11-13-32(24,27)4/h8,10,15,19,22-24H,6-7,9,11-14,16-17H2,1-5H3,(H,33,34)/t19-,22-,23+,24-,32-/m1/s1. The monoisotopic (exact) mass is 551 g/mol. The lowest BCUT2D eigenvalue weighted by atomic mass is 9.54. The van der Waals surface area contributed by atoms with Crippen molar-refractivity contribution in [2.75, 3.05) is 25.6 Å². The van der Waals surface area contributed by atoms with Crippen molar-refractivity contribution in [3.63, 3.8) is 0 Å². The predicted octanol–water partition coefficient (Wildman–Crippen LogP) is 6.65. The number of nitrogens with one attached hydrogen (secondary N) is 1. The number of esters is 1. The van der Waals surface area contributed by atoms with Gasteiger partial charge in [0.25, 0.3) is 0 Å². The summed E-state index contributed by atoms with van der Waals surface area (Å²) in [6.45, 7) is 9.18. The summed E-state index contributed by atoms with van der Waals surface area (Å²) in [5.74, 6) is 2.12. The zero-order valence-corrected chi connectivity index (χ0v) is 24.7. The van der Waals surface area contributed by atoms with E-state index in [1.165, 1.54) is 16.0 Å². The number of amides is 1. The smallest absolute Gasteiger partial charge is 0.341 e. The molecule has 1 N–H and O–H groups in total. The van der Waals surface area contributed by atoms with Gasteiger partial charge in [0.2, 0.25) is 5.91 Å². The Balaban J connectivity index is 1.31. The number of methoxy groups -OCH3 is 1. The number of carbonyl (C=O) groups excluding carboxylic acids is 2. The van der Waals surface area contributed by atoms with Gasteiger partial charge in [-0.25, -0.2) is 4.79 Å². The lowest BCUT2D eigenvalue weighted by Gasteiger charge is -2.49. The van der Waals surface area contributed by atoms with Crippen molar-refractivity contribution < 1.29 is 23.8 Å². The van der Waals surface area contributed by atoms with Gasteiger partial charge in [-0.15, -0.1) is 11.3 Å². The highest BCUT2D eigenvalue weighted by atomic mass is 32.1. The Morgan fingerprint density at radius 1 is 1.18 bits per heavy atom. The summed E-state index contributed by atoms with van der Waals surface area (Å²) in [4.78, 5) is 28.1. The fourth-order valence-electron chi connectivity index (χ4n) is 8.27. The highest BCUT2D eigenvalue weighted by Crippen LogP contribution is 2.63. The van der Waals surface area contributed by atoms with Crippen LogP contribution in [0.5, 0.6) is 5.75 Å². The minimum atomic E-state index is -0.315. The molecule has 2 fully saturated rings. The van der Waals surface area contributed by atoms with Gasteiger partial charge in [0.15, 0.2) is 0 Å². The summed E-state index contributed by atoms with van der Waals surface area (Å²) >= 11 is 1.61.